The molecule has 0 bridgehead atoms. The Hall–Kier alpha value is -2.83. The molecular formula is C13H13N3O4. The minimum Gasteiger partial charge on any atom is -0.497 e. The first-order valence-corrected chi connectivity index (χ1v) is 5.76. The minimum absolute atomic E-state index is 0.0731. The second-order valence-corrected chi connectivity index (χ2v) is 4.00. The van der Waals surface area contributed by atoms with Gasteiger partial charge >= 0.3 is 5.97 Å². The van der Waals surface area contributed by atoms with Crippen molar-refractivity contribution in [3.05, 3.63) is 36.0 Å². The normalized spacial score (nSPS) is 10.1. The number of nitrogens with zero attached hydrogens (tertiary/aromatic N) is 2. The highest BCUT2D eigenvalue weighted by Crippen LogP contribution is 2.22. The highest BCUT2D eigenvalue weighted by molar-refractivity contribution is 5.99. The van der Waals surface area contributed by atoms with Crippen LogP contribution >= 0.6 is 0 Å². The summed E-state index contributed by atoms with van der Waals surface area (Å²) in [6, 6.07) is 6.86. The Morgan fingerprint density at radius 3 is 2.45 bits per heavy atom. The van der Waals surface area contributed by atoms with Crippen LogP contribution in [0.2, 0.25) is 0 Å². The molecule has 0 aliphatic heterocycles. The number of anilines is 1. The van der Waals surface area contributed by atoms with E-state index in [0.29, 0.717) is 11.4 Å². The molecule has 7 nitrogen and oxygen atoms in total. The zero-order valence-corrected chi connectivity index (χ0v) is 11.0. The molecule has 2 rings (SSSR count). The molecule has 0 saturated heterocycles. The average Bonchev–Trinajstić information content (AvgIpc) is 2.82. The summed E-state index contributed by atoms with van der Waals surface area (Å²) in [4.78, 5) is 22.3. The van der Waals surface area contributed by atoms with E-state index in [1.54, 1.807) is 31.4 Å². The Labute approximate surface area is 114 Å². The lowest BCUT2D eigenvalue weighted by atomic mass is 10.3. The van der Waals surface area contributed by atoms with E-state index in [2.05, 4.69) is 10.4 Å². The Morgan fingerprint density at radius 2 is 1.95 bits per heavy atom. The summed E-state index contributed by atoms with van der Waals surface area (Å²) in [7, 11) is 1.55. The van der Waals surface area contributed by atoms with E-state index in [9.17, 15) is 9.59 Å². The lowest BCUT2D eigenvalue weighted by Crippen LogP contribution is -2.14. The molecule has 0 radical (unpaired) electrons. The van der Waals surface area contributed by atoms with Crippen molar-refractivity contribution in [3.8, 4) is 11.4 Å². The second kappa shape index (κ2) is 5.43. The standard InChI is InChI=1S/C13H13N3O4/c1-8(17)15-12-11(13(18)19)7-14-16(12)9-3-5-10(20-2)6-4-9/h3-7H,1-2H3,(H,15,17)(H,18,19). The van der Waals surface area contributed by atoms with Gasteiger partial charge in [-0.15, -0.1) is 0 Å². The van der Waals surface area contributed by atoms with Crippen LogP contribution in [0, 0.1) is 0 Å². The van der Waals surface area contributed by atoms with Crippen molar-refractivity contribution in [2.24, 2.45) is 0 Å². The predicted octanol–water partition coefficient (Wildman–Crippen LogP) is 1.54. The Kier molecular flexibility index (Phi) is 3.69. The molecule has 0 aliphatic carbocycles. The SMILES string of the molecule is COc1ccc(-n2ncc(C(=O)O)c2NC(C)=O)cc1. The number of carbonyl (C=O) groups excluding carboxylic acids is 1. The summed E-state index contributed by atoms with van der Waals surface area (Å²) in [6.45, 7) is 1.30. The van der Waals surface area contributed by atoms with Crippen LogP contribution in [0.4, 0.5) is 5.82 Å². The molecule has 1 heterocycles. The van der Waals surface area contributed by atoms with Gasteiger partial charge in [0.05, 0.1) is 19.0 Å². The molecule has 7 heteroatoms. The summed E-state index contributed by atoms with van der Waals surface area (Å²) >= 11 is 0. The van der Waals surface area contributed by atoms with Gasteiger partial charge in [-0.2, -0.15) is 5.10 Å². The van der Waals surface area contributed by atoms with Gasteiger partial charge in [0.15, 0.2) is 5.82 Å². The first-order valence-electron chi connectivity index (χ1n) is 5.76. The van der Waals surface area contributed by atoms with Gasteiger partial charge in [0, 0.05) is 6.92 Å². The van der Waals surface area contributed by atoms with E-state index in [1.807, 2.05) is 0 Å². The number of methoxy groups -OCH3 is 1. The molecule has 2 aromatic rings. The quantitative estimate of drug-likeness (QED) is 0.882. The van der Waals surface area contributed by atoms with Crippen LogP contribution in [0.15, 0.2) is 30.5 Å². The van der Waals surface area contributed by atoms with E-state index in [0.717, 1.165) is 0 Å². The molecule has 1 amide bonds. The van der Waals surface area contributed by atoms with Crippen molar-refractivity contribution in [1.29, 1.82) is 0 Å². The second-order valence-electron chi connectivity index (χ2n) is 4.00. The fraction of sp³-hybridized carbons (Fsp3) is 0.154. The van der Waals surface area contributed by atoms with Crippen molar-refractivity contribution >= 4 is 17.7 Å². The van der Waals surface area contributed by atoms with Gasteiger partial charge in [0.1, 0.15) is 11.3 Å². The highest BCUT2D eigenvalue weighted by atomic mass is 16.5. The third-order valence-electron chi connectivity index (χ3n) is 2.61. The van der Waals surface area contributed by atoms with Gasteiger partial charge in [-0.1, -0.05) is 0 Å². The fourth-order valence-electron chi connectivity index (χ4n) is 1.71. The number of carbonyl (C=O) groups is 2. The van der Waals surface area contributed by atoms with Crippen LogP contribution in [0.3, 0.4) is 0 Å². The summed E-state index contributed by atoms with van der Waals surface area (Å²) < 4.78 is 6.40. The maximum absolute atomic E-state index is 11.2. The third kappa shape index (κ3) is 2.61. The van der Waals surface area contributed by atoms with Crippen molar-refractivity contribution in [2.75, 3.05) is 12.4 Å². The Bertz CT molecular complexity index is 646. The van der Waals surface area contributed by atoms with Gasteiger partial charge in [0.25, 0.3) is 0 Å². The predicted molar refractivity (Wildman–Crippen MR) is 71.4 cm³/mol. The van der Waals surface area contributed by atoms with Crippen LogP contribution in [0.1, 0.15) is 17.3 Å². The van der Waals surface area contributed by atoms with Crippen LogP contribution < -0.4 is 10.1 Å². The highest BCUT2D eigenvalue weighted by Gasteiger charge is 2.18. The number of rotatable bonds is 4. The van der Waals surface area contributed by atoms with E-state index in [4.69, 9.17) is 9.84 Å². The van der Waals surface area contributed by atoms with Crippen molar-refractivity contribution in [3.63, 3.8) is 0 Å². The van der Waals surface area contributed by atoms with Crippen LogP contribution in [-0.4, -0.2) is 33.9 Å². The van der Waals surface area contributed by atoms with E-state index in [-0.39, 0.29) is 17.3 Å². The van der Waals surface area contributed by atoms with Gasteiger partial charge in [0.2, 0.25) is 5.91 Å². The number of carboxylic acid groups (broad SMARTS) is 1. The van der Waals surface area contributed by atoms with Crippen molar-refractivity contribution < 1.29 is 19.4 Å². The third-order valence-corrected chi connectivity index (χ3v) is 2.61. The number of aromatic carboxylic acids is 1. The molecule has 20 heavy (non-hydrogen) atoms. The zero-order valence-electron chi connectivity index (χ0n) is 11.0. The number of benzene rings is 1. The van der Waals surface area contributed by atoms with Crippen LogP contribution in [-0.2, 0) is 4.79 Å². The van der Waals surface area contributed by atoms with E-state index in [1.165, 1.54) is 17.8 Å². The molecule has 0 fully saturated rings. The largest absolute Gasteiger partial charge is 0.497 e. The lowest BCUT2D eigenvalue weighted by Gasteiger charge is -2.09. The summed E-state index contributed by atoms with van der Waals surface area (Å²) in [5.41, 5.74) is 0.540. The number of amides is 1. The summed E-state index contributed by atoms with van der Waals surface area (Å²) in [6.07, 6.45) is 1.19. The lowest BCUT2D eigenvalue weighted by molar-refractivity contribution is -0.114. The summed E-state index contributed by atoms with van der Waals surface area (Å²) in [5.74, 6) is -0.744. The molecule has 104 valence electrons. The molecular weight excluding hydrogens is 262 g/mol. The topological polar surface area (TPSA) is 93.5 Å². The van der Waals surface area contributed by atoms with Gasteiger partial charge in [-0.3, -0.25) is 4.79 Å². The number of nitrogens with one attached hydrogen (secondary N) is 1. The molecule has 0 aliphatic rings. The Morgan fingerprint density at radius 1 is 1.30 bits per heavy atom. The number of carboxylic acids is 1. The fourth-order valence-corrected chi connectivity index (χ4v) is 1.71. The van der Waals surface area contributed by atoms with Crippen LogP contribution in [0.25, 0.3) is 5.69 Å². The number of hydrogen-bond acceptors (Lipinski definition) is 4. The first kappa shape index (κ1) is 13.6. The van der Waals surface area contributed by atoms with Gasteiger partial charge in [-0.05, 0) is 24.3 Å². The molecule has 2 N–H and O–H groups in total. The molecule has 0 atom stereocenters. The zero-order chi connectivity index (χ0) is 14.7. The Balaban J connectivity index is 2.49. The molecule has 0 spiro atoms. The molecule has 0 saturated carbocycles. The molecule has 1 aromatic carbocycles. The maximum Gasteiger partial charge on any atom is 0.341 e. The number of hydrogen-bond donors (Lipinski definition) is 2. The first-order chi connectivity index (χ1) is 9.52. The maximum atomic E-state index is 11.2. The van der Waals surface area contributed by atoms with E-state index >= 15 is 0 Å². The summed E-state index contributed by atoms with van der Waals surface area (Å²) in [5, 5.41) is 15.6. The van der Waals surface area contributed by atoms with Crippen molar-refractivity contribution in [2.45, 2.75) is 6.92 Å². The molecule has 0 unspecified atom stereocenters. The van der Waals surface area contributed by atoms with Gasteiger partial charge < -0.3 is 15.2 Å². The minimum atomic E-state index is -1.16. The van der Waals surface area contributed by atoms with Gasteiger partial charge in [-0.25, -0.2) is 9.48 Å². The van der Waals surface area contributed by atoms with Crippen LogP contribution in [0.5, 0.6) is 5.75 Å². The average molecular weight is 275 g/mol. The monoisotopic (exact) mass is 275 g/mol. The number of aromatic nitrogens is 2. The van der Waals surface area contributed by atoms with Crippen molar-refractivity contribution in [1.82, 2.24) is 9.78 Å². The molecule has 1 aromatic heterocycles. The smallest absolute Gasteiger partial charge is 0.341 e. The number of ether oxygens (including phenoxy) is 1. The van der Waals surface area contributed by atoms with E-state index < -0.39 is 5.97 Å².